The fourth-order valence-corrected chi connectivity index (χ4v) is 4.73. The number of aryl methyl sites for hydroxylation is 1. The zero-order valence-electron chi connectivity index (χ0n) is 16.4. The van der Waals surface area contributed by atoms with Gasteiger partial charge in [-0.25, -0.2) is 4.98 Å². The number of rotatable bonds is 4. The quantitative estimate of drug-likeness (QED) is 0.545. The third-order valence-electron chi connectivity index (χ3n) is 4.89. The molecule has 2 aliphatic heterocycles. The van der Waals surface area contributed by atoms with E-state index in [0.717, 1.165) is 12.0 Å². The average molecular weight is 431 g/mol. The van der Waals surface area contributed by atoms with Gasteiger partial charge >= 0.3 is 0 Å². The molecule has 2 aromatic rings. The molecule has 0 spiro atoms. The number of anilines is 1. The summed E-state index contributed by atoms with van der Waals surface area (Å²) in [6.45, 7) is 6.95. The Kier molecular flexibility index (Phi) is 5.71. The van der Waals surface area contributed by atoms with Crippen molar-refractivity contribution in [2.24, 2.45) is 0 Å². The van der Waals surface area contributed by atoms with Gasteiger partial charge in [0.15, 0.2) is 0 Å². The van der Waals surface area contributed by atoms with Crippen LogP contribution in [0.15, 0.2) is 28.0 Å². The fraction of sp³-hybridized carbons (Fsp3) is 0.400. The molecule has 7 nitrogen and oxygen atoms in total. The summed E-state index contributed by atoms with van der Waals surface area (Å²) in [6, 6.07) is 3.77. The third-order valence-corrected chi connectivity index (χ3v) is 6.27. The van der Waals surface area contributed by atoms with Crippen molar-refractivity contribution in [3.63, 3.8) is 0 Å². The van der Waals surface area contributed by atoms with Crippen molar-refractivity contribution >= 4 is 51.7 Å². The van der Waals surface area contributed by atoms with Gasteiger partial charge in [0.2, 0.25) is 0 Å². The van der Waals surface area contributed by atoms with E-state index in [4.69, 9.17) is 21.9 Å². The van der Waals surface area contributed by atoms with E-state index in [1.54, 1.807) is 17.2 Å². The van der Waals surface area contributed by atoms with Gasteiger partial charge in [0.1, 0.15) is 15.8 Å². The Hall–Kier alpha value is -2.23. The van der Waals surface area contributed by atoms with E-state index in [9.17, 15) is 9.59 Å². The maximum Gasteiger partial charge on any atom is 0.267 e. The zero-order chi connectivity index (χ0) is 20.5. The monoisotopic (exact) mass is 430 g/mol. The topological polar surface area (TPSA) is 67.2 Å². The molecule has 0 N–H and O–H groups in total. The largest absolute Gasteiger partial charge is 0.378 e. The van der Waals surface area contributed by atoms with Crippen molar-refractivity contribution in [3.8, 4) is 0 Å². The lowest BCUT2D eigenvalue weighted by atomic mass is 10.2. The lowest BCUT2D eigenvalue weighted by Gasteiger charge is -2.29. The Labute approximate surface area is 178 Å². The van der Waals surface area contributed by atoms with Gasteiger partial charge in [-0.05, 0) is 31.1 Å². The molecule has 0 bridgehead atoms. The van der Waals surface area contributed by atoms with Gasteiger partial charge < -0.3 is 9.64 Å². The minimum atomic E-state index is -0.194. The number of ether oxygens (including phenoxy) is 1. The second-order valence-electron chi connectivity index (χ2n) is 7.02. The first-order valence-electron chi connectivity index (χ1n) is 9.60. The Bertz CT molecular complexity index is 1070. The maximum atomic E-state index is 13.4. The van der Waals surface area contributed by atoms with Gasteiger partial charge in [0.25, 0.3) is 11.5 Å². The number of fused-ring (bicyclic) bond motifs is 1. The first kappa shape index (κ1) is 20.1. The number of nitrogens with zero attached hydrogens (tertiary/aromatic N) is 4. The number of hydrogen-bond donors (Lipinski definition) is 0. The first-order valence-corrected chi connectivity index (χ1v) is 10.8. The molecule has 0 aromatic carbocycles. The summed E-state index contributed by atoms with van der Waals surface area (Å²) in [7, 11) is 0. The molecule has 9 heteroatoms. The highest BCUT2D eigenvalue weighted by atomic mass is 32.2. The van der Waals surface area contributed by atoms with E-state index in [-0.39, 0.29) is 11.5 Å². The SMILES string of the molecule is CCCN1C(=O)/C(=C/c2c(N3CCOCC3)nc3ccc(C)cn3c2=O)SC1=S. The van der Waals surface area contributed by atoms with Gasteiger partial charge in [-0.2, -0.15) is 0 Å². The molecule has 0 unspecified atom stereocenters. The number of carbonyl (C=O) groups is 1. The lowest BCUT2D eigenvalue weighted by molar-refractivity contribution is -0.122. The Morgan fingerprint density at radius 2 is 2.03 bits per heavy atom. The molecule has 0 atom stereocenters. The van der Waals surface area contributed by atoms with E-state index < -0.39 is 0 Å². The van der Waals surface area contributed by atoms with E-state index in [2.05, 4.69) is 0 Å². The summed E-state index contributed by atoms with van der Waals surface area (Å²) in [5.74, 6) is 0.437. The van der Waals surface area contributed by atoms with Gasteiger partial charge in [-0.3, -0.25) is 18.9 Å². The van der Waals surface area contributed by atoms with Gasteiger partial charge in [0.05, 0.1) is 23.7 Å². The van der Waals surface area contributed by atoms with Gasteiger partial charge in [-0.15, -0.1) is 0 Å². The van der Waals surface area contributed by atoms with E-state index >= 15 is 0 Å². The van der Waals surface area contributed by atoms with Crippen molar-refractivity contribution in [3.05, 3.63) is 44.7 Å². The Morgan fingerprint density at radius 1 is 1.28 bits per heavy atom. The summed E-state index contributed by atoms with van der Waals surface area (Å²) < 4.78 is 7.52. The van der Waals surface area contributed by atoms with Crippen LogP contribution in [0.1, 0.15) is 24.5 Å². The number of hydrogen-bond acceptors (Lipinski definition) is 7. The average Bonchev–Trinajstić information content (AvgIpc) is 2.99. The highest BCUT2D eigenvalue weighted by Gasteiger charge is 2.32. The van der Waals surface area contributed by atoms with Crippen LogP contribution in [0.3, 0.4) is 0 Å². The molecule has 0 saturated carbocycles. The predicted molar refractivity (Wildman–Crippen MR) is 119 cm³/mol. The minimum Gasteiger partial charge on any atom is -0.378 e. The van der Waals surface area contributed by atoms with Crippen LogP contribution >= 0.6 is 24.0 Å². The fourth-order valence-electron chi connectivity index (χ4n) is 3.44. The van der Waals surface area contributed by atoms with Crippen molar-refractivity contribution in [2.75, 3.05) is 37.7 Å². The van der Waals surface area contributed by atoms with Crippen LogP contribution in [0.2, 0.25) is 0 Å². The molecule has 2 fully saturated rings. The number of carbonyl (C=O) groups excluding carboxylic acids is 1. The summed E-state index contributed by atoms with van der Waals surface area (Å²) >= 11 is 6.60. The smallest absolute Gasteiger partial charge is 0.267 e. The number of pyridine rings is 1. The Balaban J connectivity index is 1.87. The number of amides is 1. The molecule has 4 rings (SSSR count). The molecular formula is C20H22N4O3S2. The standard InChI is InChI=1S/C20H22N4O3S2/c1-3-6-23-19(26)15(29-20(23)28)11-14-17(22-7-9-27-10-8-22)21-16-5-4-13(2)12-24(16)18(14)25/h4-5,11-12H,3,6-10H2,1-2H3/b15-11-. The number of thioether (sulfide) groups is 1. The van der Waals surface area contributed by atoms with Gasteiger partial charge in [0, 0.05) is 25.8 Å². The second kappa shape index (κ2) is 8.25. The third kappa shape index (κ3) is 3.82. The molecule has 0 radical (unpaired) electrons. The van der Waals surface area contributed by atoms with Crippen LogP contribution in [0.25, 0.3) is 11.7 Å². The summed E-state index contributed by atoms with van der Waals surface area (Å²) in [5, 5.41) is 0. The Morgan fingerprint density at radius 3 is 2.76 bits per heavy atom. The van der Waals surface area contributed by atoms with Crippen LogP contribution in [-0.2, 0) is 9.53 Å². The van der Waals surface area contributed by atoms with Crippen LogP contribution in [-0.4, -0.2) is 57.4 Å². The molecule has 152 valence electrons. The molecule has 29 heavy (non-hydrogen) atoms. The molecule has 2 saturated heterocycles. The molecule has 0 aliphatic carbocycles. The predicted octanol–water partition coefficient (Wildman–Crippen LogP) is 2.45. The highest BCUT2D eigenvalue weighted by molar-refractivity contribution is 8.26. The first-order chi connectivity index (χ1) is 14.0. The number of thiocarbonyl (C=S) groups is 1. The van der Waals surface area contributed by atoms with Crippen LogP contribution < -0.4 is 10.5 Å². The normalized spacial score (nSPS) is 19.0. The van der Waals surface area contributed by atoms with E-state index in [1.807, 2.05) is 30.9 Å². The number of morpholine rings is 1. The molecule has 2 aliphatic rings. The zero-order valence-corrected chi connectivity index (χ0v) is 18.0. The van der Waals surface area contributed by atoms with Gasteiger partial charge in [-0.1, -0.05) is 37.0 Å². The van der Waals surface area contributed by atoms with Crippen molar-refractivity contribution < 1.29 is 9.53 Å². The summed E-state index contributed by atoms with van der Waals surface area (Å²) in [6.07, 6.45) is 4.25. The lowest BCUT2D eigenvalue weighted by Crippen LogP contribution is -2.38. The van der Waals surface area contributed by atoms with Crippen molar-refractivity contribution in [1.82, 2.24) is 14.3 Å². The summed E-state index contributed by atoms with van der Waals surface area (Å²) in [5.41, 5.74) is 1.76. The van der Waals surface area contributed by atoms with Crippen molar-refractivity contribution in [1.29, 1.82) is 0 Å². The second-order valence-corrected chi connectivity index (χ2v) is 8.70. The maximum absolute atomic E-state index is 13.4. The van der Waals surface area contributed by atoms with E-state index in [1.165, 1.54) is 16.2 Å². The summed E-state index contributed by atoms with van der Waals surface area (Å²) in [4.78, 5) is 35.1. The molecular weight excluding hydrogens is 408 g/mol. The minimum absolute atomic E-state index is 0.150. The van der Waals surface area contributed by atoms with Crippen LogP contribution in [0, 0.1) is 6.92 Å². The molecule has 1 amide bonds. The molecule has 2 aromatic heterocycles. The van der Waals surface area contributed by atoms with Crippen LogP contribution in [0.5, 0.6) is 0 Å². The molecule has 4 heterocycles. The highest BCUT2D eigenvalue weighted by Crippen LogP contribution is 2.33. The van der Waals surface area contributed by atoms with E-state index in [0.29, 0.717) is 59.1 Å². The van der Waals surface area contributed by atoms with Crippen LogP contribution in [0.4, 0.5) is 5.82 Å². The van der Waals surface area contributed by atoms with Crippen molar-refractivity contribution in [2.45, 2.75) is 20.3 Å². The number of aromatic nitrogens is 2.